The minimum Gasteiger partial charge on any atom is -0.481 e. The van der Waals surface area contributed by atoms with E-state index >= 15 is 0 Å². The maximum absolute atomic E-state index is 11.3. The highest BCUT2D eigenvalue weighted by atomic mass is 32.2. The Kier molecular flexibility index (Phi) is 4.59. The molecule has 0 aliphatic carbocycles. The first-order valence-corrected chi connectivity index (χ1v) is 6.96. The van der Waals surface area contributed by atoms with E-state index in [-0.39, 0.29) is 11.6 Å². The number of thioether (sulfide) groups is 1. The van der Waals surface area contributed by atoms with Gasteiger partial charge in [-0.1, -0.05) is 42.1 Å². The highest BCUT2D eigenvalue weighted by Crippen LogP contribution is 2.35. The lowest BCUT2D eigenvalue weighted by atomic mass is 10.1. The topological polar surface area (TPSA) is 105 Å². The van der Waals surface area contributed by atoms with Crippen molar-refractivity contribution < 1.29 is 9.90 Å². The normalized spacial score (nSPS) is 12.0. The van der Waals surface area contributed by atoms with Gasteiger partial charge in [-0.05, 0) is 5.56 Å². The molecule has 1 unspecified atom stereocenters. The Morgan fingerprint density at radius 2 is 2.05 bits per heavy atom. The Bertz CT molecular complexity index is 754. The van der Waals surface area contributed by atoms with Gasteiger partial charge in [0, 0.05) is 12.3 Å². The molecule has 1 atom stereocenters. The summed E-state index contributed by atoms with van der Waals surface area (Å²) in [5, 5.41) is 11.2. The number of carbonyl (C=O) groups is 1. The van der Waals surface area contributed by atoms with Crippen molar-refractivity contribution in [1.82, 2.24) is 14.8 Å². The fourth-order valence-electron chi connectivity index (χ4n) is 1.75. The number of aryl methyl sites for hydroxylation is 1. The Hall–Kier alpha value is -2.35. The molecule has 21 heavy (non-hydrogen) atoms. The zero-order valence-electron chi connectivity index (χ0n) is 11.1. The van der Waals surface area contributed by atoms with Crippen LogP contribution in [0.15, 0.2) is 45.1 Å². The van der Waals surface area contributed by atoms with E-state index in [0.29, 0.717) is 0 Å². The Balaban J connectivity index is 2.36. The summed E-state index contributed by atoms with van der Waals surface area (Å²) in [6, 6.07) is 9.07. The van der Waals surface area contributed by atoms with Crippen molar-refractivity contribution >= 4 is 17.7 Å². The lowest BCUT2D eigenvalue weighted by molar-refractivity contribution is -0.137. The molecule has 1 heterocycles. The quantitative estimate of drug-likeness (QED) is 0.624. The van der Waals surface area contributed by atoms with Crippen molar-refractivity contribution in [3.8, 4) is 0 Å². The van der Waals surface area contributed by atoms with E-state index in [1.54, 1.807) is 7.05 Å². The standard InChI is InChI=1S/C13H13N3O4S/c1-16-13(14-11(19)12(20)15-16)21-9(7-10(17)18)8-5-3-2-4-6-8/h2-6,9H,7H2,1H3,(H,15,20)(H,17,18). The summed E-state index contributed by atoms with van der Waals surface area (Å²) in [6.07, 6.45) is -0.121. The average molecular weight is 307 g/mol. The van der Waals surface area contributed by atoms with Gasteiger partial charge in [0.2, 0.25) is 0 Å². The van der Waals surface area contributed by atoms with Gasteiger partial charge < -0.3 is 5.11 Å². The summed E-state index contributed by atoms with van der Waals surface area (Å²) in [5.41, 5.74) is -0.889. The molecule has 0 bridgehead atoms. The molecule has 7 nitrogen and oxygen atoms in total. The fourth-order valence-corrected chi connectivity index (χ4v) is 2.86. The third-order valence-electron chi connectivity index (χ3n) is 2.73. The molecule has 2 N–H and O–H groups in total. The molecule has 2 rings (SSSR count). The molecule has 0 saturated carbocycles. The average Bonchev–Trinajstić information content (AvgIpc) is 2.44. The molecule has 0 aliphatic heterocycles. The second kappa shape index (κ2) is 6.40. The van der Waals surface area contributed by atoms with Crippen LogP contribution in [0.2, 0.25) is 0 Å². The van der Waals surface area contributed by atoms with E-state index in [2.05, 4.69) is 10.1 Å². The molecule has 0 amide bonds. The first kappa shape index (κ1) is 15.0. The van der Waals surface area contributed by atoms with Gasteiger partial charge in [-0.2, -0.15) is 4.98 Å². The molecule has 1 aromatic carbocycles. The molecule has 0 spiro atoms. The number of aromatic nitrogens is 3. The van der Waals surface area contributed by atoms with Crippen LogP contribution in [-0.2, 0) is 11.8 Å². The maximum atomic E-state index is 11.3. The van der Waals surface area contributed by atoms with E-state index < -0.39 is 22.3 Å². The molecule has 2 aromatic rings. The van der Waals surface area contributed by atoms with Gasteiger partial charge in [0.15, 0.2) is 5.16 Å². The second-order valence-electron chi connectivity index (χ2n) is 4.31. The molecular formula is C13H13N3O4S. The van der Waals surface area contributed by atoms with Gasteiger partial charge in [-0.25, -0.2) is 0 Å². The number of H-pyrrole nitrogens is 1. The number of nitrogens with zero attached hydrogens (tertiary/aromatic N) is 2. The third kappa shape index (κ3) is 3.82. The predicted molar refractivity (Wildman–Crippen MR) is 77.4 cm³/mol. The molecule has 0 fully saturated rings. The van der Waals surface area contributed by atoms with E-state index in [0.717, 1.165) is 17.3 Å². The molecule has 110 valence electrons. The van der Waals surface area contributed by atoms with E-state index in [9.17, 15) is 14.4 Å². The number of aliphatic carboxylic acids is 1. The summed E-state index contributed by atoms with van der Waals surface area (Å²) in [4.78, 5) is 37.2. The van der Waals surface area contributed by atoms with E-state index in [1.807, 2.05) is 30.3 Å². The zero-order chi connectivity index (χ0) is 15.4. The van der Waals surface area contributed by atoms with Crippen LogP contribution in [0.1, 0.15) is 17.2 Å². The van der Waals surface area contributed by atoms with Crippen molar-refractivity contribution in [3.63, 3.8) is 0 Å². The number of hydrogen-bond donors (Lipinski definition) is 2. The first-order chi connectivity index (χ1) is 9.97. The molecular weight excluding hydrogens is 294 g/mol. The van der Waals surface area contributed by atoms with Crippen molar-refractivity contribution in [2.24, 2.45) is 7.05 Å². The Labute approximate surface area is 123 Å². The molecule has 8 heteroatoms. The number of carboxylic acids is 1. The van der Waals surface area contributed by atoms with Gasteiger partial charge in [-0.3, -0.25) is 24.2 Å². The van der Waals surface area contributed by atoms with Crippen molar-refractivity contribution in [1.29, 1.82) is 0 Å². The number of hydrogen-bond acceptors (Lipinski definition) is 5. The highest BCUT2D eigenvalue weighted by molar-refractivity contribution is 7.99. The summed E-state index contributed by atoms with van der Waals surface area (Å²) in [7, 11) is 1.54. The van der Waals surface area contributed by atoms with Crippen molar-refractivity contribution in [2.45, 2.75) is 16.8 Å². The first-order valence-electron chi connectivity index (χ1n) is 6.08. The van der Waals surface area contributed by atoms with Crippen LogP contribution in [0.3, 0.4) is 0 Å². The number of benzene rings is 1. The predicted octanol–water partition coefficient (Wildman–Crippen LogP) is 0.777. The smallest absolute Gasteiger partial charge is 0.339 e. The van der Waals surface area contributed by atoms with Gasteiger partial charge in [0.05, 0.1) is 6.42 Å². The minimum absolute atomic E-state index is 0.121. The summed E-state index contributed by atoms with van der Waals surface area (Å²) in [6.45, 7) is 0. The summed E-state index contributed by atoms with van der Waals surface area (Å²) in [5.74, 6) is -0.953. The minimum atomic E-state index is -0.953. The highest BCUT2D eigenvalue weighted by Gasteiger charge is 2.19. The van der Waals surface area contributed by atoms with Crippen LogP contribution in [0.4, 0.5) is 0 Å². The summed E-state index contributed by atoms with van der Waals surface area (Å²) >= 11 is 1.12. The summed E-state index contributed by atoms with van der Waals surface area (Å²) < 4.78 is 1.31. The van der Waals surface area contributed by atoms with E-state index in [4.69, 9.17) is 5.11 Å². The molecule has 0 radical (unpaired) electrons. The molecule has 0 saturated heterocycles. The largest absolute Gasteiger partial charge is 0.481 e. The van der Waals surface area contributed by atoms with Crippen LogP contribution in [0, 0.1) is 0 Å². The maximum Gasteiger partial charge on any atom is 0.339 e. The van der Waals surface area contributed by atoms with Gasteiger partial charge >= 0.3 is 17.1 Å². The van der Waals surface area contributed by atoms with Gasteiger partial charge in [-0.15, -0.1) is 0 Å². The van der Waals surface area contributed by atoms with Crippen LogP contribution in [-0.4, -0.2) is 25.8 Å². The molecule has 1 aromatic heterocycles. The second-order valence-corrected chi connectivity index (χ2v) is 5.48. The van der Waals surface area contributed by atoms with Gasteiger partial charge in [0.1, 0.15) is 0 Å². The monoisotopic (exact) mass is 307 g/mol. The van der Waals surface area contributed by atoms with Crippen LogP contribution in [0.25, 0.3) is 0 Å². The lowest BCUT2D eigenvalue weighted by Crippen LogP contribution is -2.34. The SMILES string of the molecule is Cn1[nH]c(=O)c(=O)nc1SC(CC(=O)O)c1ccccc1. The van der Waals surface area contributed by atoms with Crippen LogP contribution < -0.4 is 11.1 Å². The number of rotatable bonds is 5. The van der Waals surface area contributed by atoms with Crippen molar-refractivity contribution in [3.05, 3.63) is 56.6 Å². The lowest BCUT2D eigenvalue weighted by Gasteiger charge is -2.15. The van der Waals surface area contributed by atoms with Crippen LogP contribution >= 0.6 is 11.8 Å². The van der Waals surface area contributed by atoms with Crippen molar-refractivity contribution in [2.75, 3.05) is 0 Å². The van der Waals surface area contributed by atoms with Gasteiger partial charge in [0.25, 0.3) is 0 Å². The third-order valence-corrected chi connectivity index (χ3v) is 4.03. The fraction of sp³-hybridized carbons (Fsp3) is 0.231. The van der Waals surface area contributed by atoms with E-state index in [1.165, 1.54) is 4.68 Å². The Morgan fingerprint density at radius 1 is 1.38 bits per heavy atom. The molecule has 0 aliphatic rings. The number of aromatic amines is 1. The number of nitrogens with one attached hydrogen (secondary N) is 1. The number of carboxylic acid groups (broad SMARTS) is 1. The Morgan fingerprint density at radius 3 is 2.67 bits per heavy atom. The zero-order valence-corrected chi connectivity index (χ0v) is 12.0. The van der Waals surface area contributed by atoms with Crippen LogP contribution in [0.5, 0.6) is 0 Å².